The van der Waals surface area contributed by atoms with Crippen molar-refractivity contribution in [2.45, 2.75) is 31.7 Å². The molecule has 26 heavy (non-hydrogen) atoms. The molecule has 1 amide bonds. The summed E-state index contributed by atoms with van der Waals surface area (Å²) in [7, 11) is 0. The zero-order valence-electron chi connectivity index (χ0n) is 14.1. The van der Waals surface area contributed by atoms with Crippen LogP contribution in [0.15, 0.2) is 54.6 Å². The van der Waals surface area contributed by atoms with Gasteiger partial charge in [-0.05, 0) is 18.4 Å². The number of hydrogen-bond acceptors (Lipinski definition) is 4. The summed E-state index contributed by atoms with van der Waals surface area (Å²) in [5, 5.41) is 22.8. The third kappa shape index (κ3) is 6.01. The second kappa shape index (κ2) is 9.31. The fraction of sp³-hybridized carbons (Fsp3) is 0.263. The monoisotopic (exact) mass is 356 g/mol. The Bertz CT molecular complexity index is 777. The first kappa shape index (κ1) is 19.1. The summed E-state index contributed by atoms with van der Waals surface area (Å²) in [4.78, 5) is 33.7. The third-order valence-corrected chi connectivity index (χ3v) is 3.94. The smallest absolute Gasteiger partial charge is 0.303 e. The van der Waals surface area contributed by atoms with Gasteiger partial charge in [0, 0.05) is 24.1 Å². The Morgan fingerprint density at radius 3 is 2.38 bits per heavy atom. The van der Waals surface area contributed by atoms with Gasteiger partial charge in [-0.2, -0.15) is 0 Å². The van der Waals surface area contributed by atoms with Crippen LogP contribution in [0.5, 0.6) is 0 Å². The minimum atomic E-state index is -0.934. The minimum Gasteiger partial charge on any atom is -0.481 e. The van der Waals surface area contributed by atoms with Crippen LogP contribution in [0.3, 0.4) is 0 Å². The van der Waals surface area contributed by atoms with Gasteiger partial charge in [0.1, 0.15) is 0 Å². The molecule has 0 saturated heterocycles. The van der Waals surface area contributed by atoms with E-state index in [1.165, 1.54) is 6.07 Å². The quantitative estimate of drug-likeness (QED) is 0.530. The number of para-hydroxylation sites is 1. The van der Waals surface area contributed by atoms with Gasteiger partial charge in [-0.3, -0.25) is 19.7 Å². The summed E-state index contributed by atoms with van der Waals surface area (Å²) in [6.45, 7) is 0. The van der Waals surface area contributed by atoms with E-state index in [4.69, 9.17) is 5.11 Å². The molecule has 0 heterocycles. The molecule has 1 unspecified atom stereocenters. The normalized spacial score (nSPS) is 11.5. The second-order valence-electron chi connectivity index (χ2n) is 5.95. The van der Waals surface area contributed by atoms with E-state index in [0.29, 0.717) is 12.0 Å². The van der Waals surface area contributed by atoms with Crippen LogP contribution in [0, 0.1) is 10.1 Å². The number of rotatable bonds is 9. The zero-order chi connectivity index (χ0) is 18.9. The standard InChI is InChI=1S/C19H20N2O5/c22-18(13-15-8-4-5-9-17(15)21(25)26)20-16(10-11-19(23)24)12-14-6-2-1-3-7-14/h1-9,16H,10-13H2,(H,20,22)(H,23,24). The largest absolute Gasteiger partial charge is 0.481 e. The lowest BCUT2D eigenvalue weighted by Crippen LogP contribution is -2.37. The van der Waals surface area contributed by atoms with Crippen molar-refractivity contribution in [1.82, 2.24) is 5.32 Å². The number of carbonyl (C=O) groups excluding carboxylic acids is 1. The molecule has 0 spiro atoms. The maximum atomic E-state index is 12.4. The molecule has 7 nitrogen and oxygen atoms in total. The topological polar surface area (TPSA) is 110 Å². The van der Waals surface area contributed by atoms with Crippen molar-refractivity contribution in [3.05, 3.63) is 75.8 Å². The Morgan fingerprint density at radius 2 is 1.73 bits per heavy atom. The van der Waals surface area contributed by atoms with Gasteiger partial charge in [0.2, 0.25) is 5.91 Å². The summed E-state index contributed by atoms with van der Waals surface area (Å²) < 4.78 is 0. The zero-order valence-corrected chi connectivity index (χ0v) is 14.1. The number of nitro groups is 1. The number of carboxylic acid groups (broad SMARTS) is 1. The van der Waals surface area contributed by atoms with Crippen molar-refractivity contribution in [3.8, 4) is 0 Å². The van der Waals surface area contributed by atoms with E-state index >= 15 is 0 Å². The van der Waals surface area contributed by atoms with Gasteiger partial charge in [0.15, 0.2) is 0 Å². The number of hydrogen-bond donors (Lipinski definition) is 2. The molecule has 2 rings (SSSR count). The summed E-state index contributed by atoms with van der Waals surface area (Å²) in [5.41, 5.74) is 1.20. The number of aliphatic carboxylic acids is 1. The fourth-order valence-corrected chi connectivity index (χ4v) is 2.71. The highest BCUT2D eigenvalue weighted by atomic mass is 16.6. The molecule has 0 aliphatic carbocycles. The van der Waals surface area contributed by atoms with Gasteiger partial charge in [0.05, 0.1) is 11.3 Å². The van der Waals surface area contributed by atoms with Crippen LogP contribution in [0.4, 0.5) is 5.69 Å². The van der Waals surface area contributed by atoms with E-state index in [-0.39, 0.29) is 36.9 Å². The highest BCUT2D eigenvalue weighted by Gasteiger charge is 2.19. The van der Waals surface area contributed by atoms with Crippen molar-refractivity contribution >= 4 is 17.6 Å². The predicted octanol–water partition coefficient (Wildman–Crippen LogP) is 2.73. The van der Waals surface area contributed by atoms with Crippen LogP contribution in [-0.4, -0.2) is 27.9 Å². The van der Waals surface area contributed by atoms with Crippen molar-refractivity contribution in [3.63, 3.8) is 0 Å². The SMILES string of the molecule is O=C(O)CCC(Cc1ccccc1)NC(=O)Cc1ccccc1[N+](=O)[O-]. The van der Waals surface area contributed by atoms with Gasteiger partial charge in [-0.15, -0.1) is 0 Å². The number of benzene rings is 2. The van der Waals surface area contributed by atoms with E-state index in [9.17, 15) is 19.7 Å². The number of nitrogens with zero attached hydrogens (tertiary/aromatic N) is 1. The Kier molecular flexibility index (Phi) is 6.84. The van der Waals surface area contributed by atoms with Gasteiger partial charge in [-0.25, -0.2) is 0 Å². The van der Waals surface area contributed by atoms with Crippen LogP contribution >= 0.6 is 0 Å². The molecule has 2 N–H and O–H groups in total. The van der Waals surface area contributed by atoms with Gasteiger partial charge >= 0.3 is 5.97 Å². The lowest BCUT2D eigenvalue weighted by Gasteiger charge is -2.18. The van der Waals surface area contributed by atoms with E-state index in [1.807, 2.05) is 30.3 Å². The van der Waals surface area contributed by atoms with Gasteiger partial charge in [-0.1, -0.05) is 48.5 Å². The maximum absolute atomic E-state index is 12.4. The molecule has 0 aliphatic rings. The number of amides is 1. The van der Waals surface area contributed by atoms with Crippen LogP contribution in [0.1, 0.15) is 24.0 Å². The highest BCUT2D eigenvalue weighted by molar-refractivity contribution is 5.80. The molecular formula is C19H20N2O5. The summed E-state index contributed by atoms with van der Waals surface area (Å²) in [6.07, 6.45) is 0.586. The Hall–Kier alpha value is -3.22. The predicted molar refractivity (Wildman–Crippen MR) is 95.7 cm³/mol. The van der Waals surface area contributed by atoms with Crippen molar-refractivity contribution < 1.29 is 19.6 Å². The number of nitrogens with one attached hydrogen (secondary N) is 1. The molecular weight excluding hydrogens is 336 g/mol. The van der Waals surface area contributed by atoms with E-state index < -0.39 is 10.9 Å². The molecule has 0 aromatic heterocycles. The van der Waals surface area contributed by atoms with Crippen LogP contribution < -0.4 is 5.32 Å². The van der Waals surface area contributed by atoms with Crippen molar-refractivity contribution in [1.29, 1.82) is 0 Å². The highest BCUT2D eigenvalue weighted by Crippen LogP contribution is 2.18. The average molecular weight is 356 g/mol. The van der Waals surface area contributed by atoms with Crippen molar-refractivity contribution in [2.24, 2.45) is 0 Å². The average Bonchev–Trinajstić information content (AvgIpc) is 2.60. The summed E-state index contributed by atoms with van der Waals surface area (Å²) in [5.74, 6) is -1.30. The van der Waals surface area contributed by atoms with Crippen LogP contribution in [-0.2, 0) is 22.4 Å². The summed E-state index contributed by atoms with van der Waals surface area (Å²) >= 11 is 0. The molecule has 2 aromatic rings. The van der Waals surface area contributed by atoms with E-state index in [0.717, 1.165) is 5.56 Å². The minimum absolute atomic E-state index is 0.0662. The van der Waals surface area contributed by atoms with Crippen LogP contribution in [0.25, 0.3) is 0 Å². The molecule has 0 radical (unpaired) electrons. The molecule has 0 fully saturated rings. The first-order chi connectivity index (χ1) is 12.5. The molecule has 136 valence electrons. The number of carboxylic acids is 1. The first-order valence-electron chi connectivity index (χ1n) is 8.23. The lowest BCUT2D eigenvalue weighted by atomic mass is 10.0. The molecule has 2 aromatic carbocycles. The third-order valence-electron chi connectivity index (χ3n) is 3.94. The Balaban J connectivity index is 2.05. The summed E-state index contributed by atoms with van der Waals surface area (Å²) in [6, 6.07) is 15.2. The van der Waals surface area contributed by atoms with Gasteiger partial charge < -0.3 is 10.4 Å². The van der Waals surface area contributed by atoms with Crippen molar-refractivity contribution in [2.75, 3.05) is 0 Å². The van der Waals surface area contributed by atoms with Crippen LogP contribution in [0.2, 0.25) is 0 Å². The second-order valence-corrected chi connectivity index (χ2v) is 5.95. The van der Waals surface area contributed by atoms with E-state index in [1.54, 1.807) is 18.2 Å². The number of nitro benzene ring substituents is 1. The fourth-order valence-electron chi connectivity index (χ4n) is 2.71. The molecule has 1 atom stereocenters. The molecule has 0 bridgehead atoms. The van der Waals surface area contributed by atoms with Gasteiger partial charge in [0.25, 0.3) is 5.69 Å². The Morgan fingerprint density at radius 1 is 1.08 bits per heavy atom. The maximum Gasteiger partial charge on any atom is 0.303 e. The molecule has 0 aliphatic heterocycles. The molecule has 7 heteroatoms. The Labute approximate surface area is 150 Å². The molecule has 0 saturated carbocycles. The lowest BCUT2D eigenvalue weighted by molar-refractivity contribution is -0.385. The van der Waals surface area contributed by atoms with E-state index in [2.05, 4.69) is 5.32 Å². The first-order valence-corrected chi connectivity index (χ1v) is 8.23. The number of carbonyl (C=O) groups is 2.